The van der Waals surface area contributed by atoms with Gasteiger partial charge in [0.05, 0.1) is 22.8 Å². The number of nitrogens with zero attached hydrogens (tertiary/aromatic N) is 3. The summed E-state index contributed by atoms with van der Waals surface area (Å²) in [6.45, 7) is 0.322. The van der Waals surface area contributed by atoms with E-state index in [1.165, 1.54) is 18.3 Å². The molecule has 0 atom stereocenters. The van der Waals surface area contributed by atoms with Gasteiger partial charge in [0.15, 0.2) is 0 Å². The van der Waals surface area contributed by atoms with Gasteiger partial charge in [-0.3, -0.25) is 19.6 Å². The van der Waals surface area contributed by atoms with Crippen molar-refractivity contribution in [3.63, 3.8) is 0 Å². The van der Waals surface area contributed by atoms with Gasteiger partial charge < -0.3 is 10.6 Å². The van der Waals surface area contributed by atoms with Gasteiger partial charge in [-0.05, 0) is 48.0 Å². The third-order valence-corrected chi connectivity index (χ3v) is 5.23. The van der Waals surface area contributed by atoms with Gasteiger partial charge in [0, 0.05) is 23.6 Å². The van der Waals surface area contributed by atoms with Crippen LogP contribution in [0.25, 0.3) is 11.3 Å². The van der Waals surface area contributed by atoms with E-state index < -0.39 is 5.91 Å². The maximum absolute atomic E-state index is 13.5. The zero-order valence-electron chi connectivity index (χ0n) is 17.0. The minimum Gasteiger partial charge on any atom is -0.366 e. The van der Waals surface area contributed by atoms with Crippen molar-refractivity contribution in [1.82, 2.24) is 9.97 Å². The molecule has 0 unspecified atom stereocenters. The molecule has 0 saturated heterocycles. The molecule has 32 heavy (non-hydrogen) atoms. The minimum absolute atomic E-state index is 0.195. The molecule has 2 N–H and O–H groups in total. The summed E-state index contributed by atoms with van der Waals surface area (Å²) in [7, 11) is 0. The Bertz CT molecular complexity index is 1250. The predicted octanol–water partition coefficient (Wildman–Crippen LogP) is 4.74. The molecule has 0 spiro atoms. The largest absolute Gasteiger partial charge is 0.366 e. The Morgan fingerprint density at radius 3 is 2.34 bits per heavy atom. The predicted molar refractivity (Wildman–Crippen MR) is 124 cm³/mol. The van der Waals surface area contributed by atoms with Crippen LogP contribution >= 0.6 is 11.6 Å². The van der Waals surface area contributed by atoms with Crippen LogP contribution in [0.5, 0.6) is 0 Å². The monoisotopic (exact) mass is 442 g/mol. The van der Waals surface area contributed by atoms with Crippen molar-refractivity contribution in [1.29, 1.82) is 0 Å². The molecule has 0 bridgehead atoms. The average molecular weight is 443 g/mol. The lowest BCUT2D eigenvalue weighted by Gasteiger charge is -2.24. The standard InChI is InChI=1S/C25H19ClN4O2/c26-21-11-10-19(14-20(21)22-8-4-5-13-28-22)30(16-17-6-2-1-3-7-17)25(32)23-12-9-18(15-29-23)24(27)31/h1-15H,16H2,(H2,27,31). The van der Waals surface area contributed by atoms with Gasteiger partial charge in [-0.1, -0.05) is 48.0 Å². The number of nitrogens with two attached hydrogens (primary N) is 1. The van der Waals surface area contributed by atoms with Gasteiger partial charge in [-0.25, -0.2) is 0 Å². The fourth-order valence-electron chi connectivity index (χ4n) is 3.25. The van der Waals surface area contributed by atoms with Gasteiger partial charge in [0.1, 0.15) is 5.69 Å². The molecule has 2 aromatic carbocycles. The highest BCUT2D eigenvalue weighted by Gasteiger charge is 2.21. The van der Waals surface area contributed by atoms with Crippen LogP contribution in [0.2, 0.25) is 5.02 Å². The Labute approximate surface area is 190 Å². The van der Waals surface area contributed by atoms with Crippen molar-refractivity contribution in [3.8, 4) is 11.3 Å². The molecule has 4 rings (SSSR count). The van der Waals surface area contributed by atoms with Gasteiger partial charge >= 0.3 is 0 Å². The molecule has 0 fully saturated rings. The number of hydrogen-bond acceptors (Lipinski definition) is 4. The van der Waals surface area contributed by atoms with E-state index in [0.717, 1.165) is 5.56 Å². The summed E-state index contributed by atoms with van der Waals surface area (Å²) >= 11 is 6.44. The smallest absolute Gasteiger partial charge is 0.277 e. The van der Waals surface area contributed by atoms with Crippen LogP contribution in [0.1, 0.15) is 26.4 Å². The number of hydrogen-bond donors (Lipinski definition) is 1. The SMILES string of the molecule is NC(=O)c1ccc(C(=O)N(Cc2ccccc2)c2ccc(Cl)c(-c3ccccn3)c2)nc1. The minimum atomic E-state index is -0.602. The van der Waals surface area contributed by atoms with Crippen LogP contribution in [0.3, 0.4) is 0 Å². The second-order valence-corrected chi connectivity index (χ2v) is 7.46. The third kappa shape index (κ3) is 4.66. The van der Waals surface area contributed by atoms with Crippen molar-refractivity contribution in [2.45, 2.75) is 6.54 Å². The second kappa shape index (κ2) is 9.41. The topological polar surface area (TPSA) is 89.2 Å². The van der Waals surface area contributed by atoms with E-state index >= 15 is 0 Å². The lowest BCUT2D eigenvalue weighted by Crippen LogP contribution is -2.31. The lowest BCUT2D eigenvalue weighted by molar-refractivity contribution is 0.0974. The summed E-state index contributed by atoms with van der Waals surface area (Å²) in [5.74, 6) is -0.922. The molecule has 0 radical (unpaired) electrons. The van der Waals surface area contributed by atoms with E-state index in [9.17, 15) is 9.59 Å². The van der Waals surface area contributed by atoms with E-state index in [1.807, 2.05) is 54.6 Å². The number of anilines is 1. The quantitative estimate of drug-likeness (QED) is 0.467. The summed E-state index contributed by atoms with van der Waals surface area (Å²) in [4.78, 5) is 35.0. The highest BCUT2D eigenvalue weighted by molar-refractivity contribution is 6.33. The number of rotatable bonds is 6. The molecule has 7 heteroatoms. The molecule has 0 saturated carbocycles. The third-order valence-electron chi connectivity index (χ3n) is 4.90. The van der Waals surface area contributed by atoms with E-state index in [-0.39, 0.29) is 17.2 Å². The molecule has 158 valence electrons. The Hall–Kier alpha value is -4.03. The summed E-state index contributed by atoms with van der Waals surface area (Å²) in [5.41, 5.74) is 8.73. The summed E-state index contributed by atoms with van der Waals surface area (Å²) in [5, 5.41) is 0.531. The number of pyridine rings is 2. The first-order valence-corrected chi connectivity index (χ1v) is 10.2. The van der Waals surface area contributed by atoms with Crippen molar-refractivity contribution < 1.29 is 9.59 Å². The first kappa shape index (κ1) is 21.2. The van der Waals surface area contributed by atoms with Crippen LogP contribution in [0.15, 0.2) is 91.3 Å². The molecule has 0 aliphatic carbocycles. The lowest BCUT2D eigenvalue weighted by atomic mass is 10.1. The molecule has 0 aliphatic heterocycles. The van der Waals surface area contributed by atoms with E-state index in [2.05, 4.69) is 9.97 Å². The number of carbonyl (C=O) groups is 2. The van der Waals surface area contributed by atoms with E-state index in [0.29, 0.717) is 28.5 Å². The number of amides is 2. The van der Waals surface area contributed by atoms with Gasteiger partial charge in [-0.15, -0.1) is 0 Å². The van der Waals surface area contributed by atoms with Crippen molar-refractivity contribution in [2.24, 2.45) is 5.73 Å². The van der Waals surface area contributed by atoms with Gasteiger partial charge in [-0.2, -0.15) is 0 Å². The van der Waals surface area contributed by atoms with Crippen LogP contribution in [-0.4, -0.2) is 21.8 Å². The molecular weight excluding hydrogens is 424 g/mol. The maximum Gasteiger partial charge on any atom is 0.277 e. The van der Waals surface area contributed by atoms with Gasteiger partial charge in [0.25, 0.3) is 5.91 Å². The molecule has 2 amide bonds. The maximum atomic E-state index is 13.5. The number of primary amides is 1. The summed E-state index contributed by atoms with van der Waals surface area (Å²) < 4.78 is 0. The van der Waals surface area contributed by atoms with Gasteiger partial charge in [0.2, 0.25) is 5.91 Å². The first-order chi connectivity index (χ1) is 15.5. The molecule has 2 heterocycles. The number of halogens is 1. The highest BCUT2D eigenvalue weighted by Crippen LogP contribution is 2.32. The molecule has 2 aromatic heterocycles. The van der Waals surface area contributed by atoms with E-state index in [4.69, 9.17) is 17.3 Å². The van der Waals surface area contributed by atoms with Crippen LogP contribution in [0.4, 0.5) is 5.69 Å². The van der Waals surface area contributed by atoms with Crippen molar-refractivity contribution >= 4 is 29.1 Å². The van der Waals surface area contributed by atoms with Crippen LogP contribution < -0.4 is 10.6 Å². The fourth-order valence-corrected chi connectivity index (χ4v) is 3.46. The molecule has 0 aliphatic rings. The Kier molecular flexibility index (Phi) is 6.24. The number of benzene rings is 2. The average Bonchev–Trinajstić information content (AvgIpc) is 2.84. The first-order valence-electron chi connectivity index (χ1n) is 9.85. The molecule has 4 aromatic rings. The van der Waals surface area contributed by atoms with Crippen molar-refractivity contribution in [2.75, 3.05) is 4.90 Å². The second-order valence-electron chi connectivity index (χ2n) is 7.05. The number of aromatic nitrogens is 2. The van der Waals surface area contributed by atoms with E-state index in [1.54, 1.807) is 23.2 Å². The van der Waals surface area contributed by atoms with Crippen LogP contribution in [-0.2, 0) is 6.54 Å². The highest BCUT2D eigenvalue weighted by atomic mass is 35.5. The summed E-state index contributed by atoms with van der Waals surface area (Å²) in [6, 6.07) is 23.6. The number of carbonyl (C=O) groups excluding carboxylic acids is 2. The Morgan fingerprint density at radius 2 is 1.69 bits per heavy atom. The molecular formula is C25H19ClN4O2. The zero-order chi connectivity index (χ0) is 22.5. The normalized spacial score (nSPS) is 10.5. The Morgan fingerprint density at radius 1 is 0.906 bits per heavy atom. The zero-order valence-corrected chi connectivity index (χ0v) is 17.7. The summed E-state index contributed by atoms with van der Waals surface area (Å²) in [6.07, 6.45) is 2.99. The Balaban J connectivity index is 1.76. The molecule has 6 nitrogen and oxygen atoms in total. The fraction of sp³-hybridized carbons (Fsp3) is 0.0400. The van der Waals surface area contributed by atoms with Crippen molar-refractivity contribution in [3.05, 3.63) is 113 Å². The van der Waals surface area contributed by atoms with Crippen LogP contribution in [0, 0.1) is 0 Å².